The molecule has 0 amide bonds. The number of fused-ring (bicyclic) bond motifs is 4. The summed E-state index contributed by atoms with van der Waals surface area (Å²) < 4.78 is 0. The number of rotatable bonds is 8. The van der Waals surface area contributed by atoms with Gasteiger partial charge in [0.25, 0.3) is 0 Å². The van der Waals surface area contributed by atoms with Gasteiger partial charge in [-0.15, -0.1) is 0 Å². The molecule has 0 saturated carbocycles. The van der Waals surface area contributed by atoms with Gasteiger partial charge in [-0.05, 0) is 92.3 Å². The van der Waals surface area contributed by atoms with Crippen molar-refractivity contribution in [3.05, 3.63) is 243 Å². The molecule has 0 N–H and O–H groups in total. The first-order valence-corrected chi connectivity index (χ1v) is 20.6. The van der Waals surface area contributed by atoms with Gasteiger partial charge in [-0.1, -0.05) is 194 Å². The monoisotopic (exact) mass is 764 g/mol. The molecule has 11 rings (SSSR count). The summed E-state index contributed by atoms with van der Waals surface area (Å²) in [4.78, 5) is 4.95. The summed E-state index contributed by atoms with van der Waals surface area (Å²) in [6, 6.07) is 88.2. The summed E-state index contributed by atoms with van der Waals surface area (Å²) in [5.41, 5.74) is 11.4. The Labute approximate surface area is 350 Å². The van der Waals surface area contributed by atoms with Crippen LogP contribution >= 0.6 is 0 Å². The highest BCUT2D eigenvalue weighted by Crippen LogP contribution is 2.52. The Morgan fingerprint density at radius 1 is 0.200 bits per heavy atom. The number of nitrogens with zero attached hydrogens (tertiary/aromatic N) is 2. The van der Waals surface area contributed by atoms with Gasteiger partial charge in [-0.25, -0.2) is 0 Å². The maximum atomic E-state index is 2.48. The first-order chi connectivity index (χ1) is 29.8. The number of hydrogen-bond donors (Lipinski definition) is 0. The lowest BCUT2D eigenvalue weighted by Gasteiger charge is -2.33. The van der Waals surface area contributed by atoms with Gasteiger partial charge in [0, 0.05) is 44.3 Å². The van der Waals surface area contributed by atoms with Crippen molar-refractivity contribution in [2.75, 3.05) is 9.80 Å². The summed E-state index contributed by atoms with van der Waals surface area (Å²) in [7, 11) is 0. The Morgan fingerprint density at radius 3 is 0.917 bits per heavy atom. The van der Waals surface area contributed by atoms with E-state index in [4.69, 9.17) is 0 Å². The minimum atomic E-state index is 1.09. The van der Waals surface area contributed by atoms with E-state index in [2.05, 4.69) is 252 Å². The first kappa shape index (κ1) is 35.2. The fourth-order valence-corrected chi connectivity index (χ4v) is 8.92. The Balaban J connectivity index is 1.22. The molecule has 2 heteroatoms. The molecule has 11 aromatic carbocycles. The van der Waals surface area contributed by atoms with Crippen LogP contribution in [0.25, 0.3) is 65.3 Å². The van der Waals surface area contributed by atoms with Gasteiger partial charge in [0.05, 0.1) is 11.4 Å². The summed E-state index contributed by atoms with van der Waals surface area (Å²) in [6.07, 6.45) is 0. The second kappa shape index (κ2) is 15.1. The zero-order valence-electron chi connectivity index (χ0n) is 33.0. The fourth-order valence-electron chi connectivity index (χ4n) is 8.92. The van der Waals surface area contributed by atoms with E-state index in [1.807, 2.05) is 0 Å². The van der Waals surface area contributed by atoms with Gasteiger partial charge in [-0.2, -0.15) is 0 Å². The molecule has 0 radical (unpaired) electrons. The third-order valence-electron chi connectivity index (χ3n) is 11.7. The van der Waals surface area contributed by atoms with Crippen molar-refractivity contribution in [2.24, 2.45) is 0 Å². The van der Waals surface area contributed by atoms with E-state index in [1.54, 1.807) is 0 Å². The van der Waals surface area contributed by atoms with Crippen molar-refractivity contribution in [3.63, 3.8) is 0 Å². The van der Waals surface area contributed by atoms with E-state index in [1.165, 1.54) is 43.8 Å². The van der Waals surface area contributed by atoms with E-state index in [0.29, 0.717) is 0 Å². The summed E-state index contributed by atoms with van der Waals surface area (Å²) in [5, 5.41) is 9.48. The molecule has 0 saturated heterocycles. The second-order valence-corrected chi connectivity index (χ2v) is 15.4. The van der Waals surface area contributed by atoms with Crippen LogP contribution in [0.5, 0.6) is 0 Å². The van der Waals surface area contributed by atoms with Gasteiger partial charge >= 0.3 is 0 Å². The van der Waals surface area contributed by atoms with E-state index in [-0.39, 0.29) is 0 Å². The van der Waals surface area contributed by atoms with Crippen molar-refractivity contribution < 1.29 is 0 Å². The van der Waals surface area contributed by atoms with Crippen molar-refractivity contribution >= 4 is 77.2 Å². The maximum absolute atomic E-state index is 2.48. The van der Waals surface area contributed by atoms with Gasteiger partial charge in [0.2, 0.25) is 0 Å². The lowest BCUT2D eigenvalue weighted by molar-refractivity contribution is 1.30. The maximum Gasteiger partial charge on any atom is 0.0619 e. The van der Waals surface area contributed by atoms with Crippen molar-refractivity contribution in [1.82, 2.24) is 0 Å². The molecular formula is C58H40N2. The van der Waals surface area contributed by atoms with E-state index < -0.39 is 0 Å². The quantitative estimate of drug-likeness (QED) is 0.112. The van der Waals surface area contributed by atoms with Crippen LogP contribution in [0.15, 0.2) is 243 Å². The Hall–Kier alpha value is -7.94. The van der Waals surface area contributed by atoms with E-state index >= 15 is 0 Å². The molecule has 0 aromatic heterocycles. The van der Waals surface area contributed by atoms with Crippen molar-refractivity contribution in [2.45, 2.75) is 0 Å². The zero-order valence-corrected chi connectivity index (χ0v) is 33.0. The normalized spacial score (nSPS) is 11.3. The minimum absolute atomic E-state index is 1.09. The zero-order chi connectivity index (χ0) is 39.8. The van der Waals surface area contributed by atoms with Crippen LogP contribution < -0.4 is 9.80 Å². The highest BCUT2D eigenvalue weighted by atomic mass is 15.2. The van der Waals surface area contributed by atoms with Gasteiger partial charge in [0.1, 0.15) is 0 Å². The highest BCUT2D eigenvalue weighted by molar-refractivity contribution is 6.23. The lowest BCUT2D eigenvalue weighted by Crippen LogP contribution is -2.14. The predicted molar refractivity (Wildman–Crippen MR) is 257 cm³/mol. The van der Waals surface area contributed by atoms with Gasteiger partial charge in [-0.3, -0.25) is 0 Å². The van der Waals surface area contributed by atoms with Crippen LogP contribution in [0.2, 0.25) is 0 Å². The molecule has 0 fully saturated rings. The molecule has 0 aliphatic carbocycles. The average Bonchev–Trinajstić information content (AvgIpc) is 3.33. The number of anilines is 6. The smallest absolute Gasteiger partial charge is 0.0619 e. The van der Waals surface area contributed by atoms with E-state index in [9.17, 15) is 0 Å². The lowest BCUT2D eigenvalue weighted by atomic mass is 9.94. The molecule has 0 atom stereocenters. The molecule has 282 valence electrons. The molecule has 0 unspecified atom stereocenters. The van der Waals surface area contributed by atoms with E-state index in [0.717, 1.165) is 55.7 Å². The van der Waals surface area contributed by atoms with Crippen LogP contribution in [0.4, 0.5) is 34.1 Å². The summed E-state index contributed by atoms with van der Waals surface area (Å²) in [6.45, 7) is 0. The van der Waals surface area contributed by atoms with Gasteiger partial charge in [0.15, 0.2) is 0 Å². The molecule has 0 aliphatic heterocycles. The molecular weight excluding hydrogens is 725 g/mol. The minimum Gasteiger partial charge on any atom is -0.309 e. The summed E-state index contributed by atoms with van der Waals surface area (Å²) >= 11 is 0. The van der Waals surface area contributed by atoms with Gasteiger partial charge < -0.3 is 9.80 Å². The SMILES string of the molecule is c1ccc(-c2cccc(N(c3ccc4ccccc4c3)c3c4ccccc4c(N(c4cccc(-c5ccccc5)c4)c4ccc5ccccc5c4)c4ccccc34)c2)cc1. The van der Waals surface area contributed by atoms with Crippen LogP contribution in [0.1, 0.15) is 0 Å². The molecule has 11 aromatic rings. The Kier molecular flexibility index (Phi) is 8.87. The second-order valence-electron chi connectivity index (χ2n) is 15.4. The molecule has 0 spiro atoms. The summed E-state index contributed by atoms with van der Waals surface area (Å²) in [5.74, 6) is 0. The Bertz CT molecular complexity index is 3050. The third kappa shape index (κ3) is 6.32. The molecule has 0 aliphatic rings. The van der Waals surface area contributed by atoms with Crippen LogP contribution in [-0.4, -0.2) is 0 Å². The molecule has 60 heavy (non-hydrogen) atoms. The molecule has 2 nitrogen and oxygen atoms in total. The first-order valence-electron chi connectivity index (χ1n) is 20.6. The third-order valence-corrected chi connectivity index (χ3v) is 11.7. The highest BCUT2D eigenvalue weighted by Gasteiger charge is 2.26. The fraction of sp³-hybridized carbons (Fsp3) is 0. The average molecular weight is 765 g/mol. The van der Waals surface area contributed by atoms with Crippen molar-refractivity contribution in [1.29, 1.82) is 0 Å². The Morgan fingerprint density at radius 2 is 0.517 bits per heavy atom. The topological polar surface area (TPSA) is 6.48 Å². The van der Waals surface area contributed by atoms with Crippen LogP contribution in [0.3, 0.4) is 0 Å². The van der Waals surface area contributed by atoms with Crippen LogP contribution in [-0.2, 0) is 0 Å². The molecule has 0 heterocycles. The number of benzene rings is 11. The number of hydrogen-bond acceptors (Lipinski definition) is 2. The standard InChI is InChI=1S/C58H40N2/c1-3-17-41(18-4-1)47-25-15-27-49(37-47)59(51-35-33-43-21-7-9-23-45(43)39-51)57-53-29-11-13-31-55(53)58(56-32-14-12-30-54(56)57)60(52-36-34-44-22-8-10-24-46(44)40-52)50-28-16-26-48(38-50)42-19-5-2-6-20-42/h1-40H. The molecule has 0 bridgehead atoms. The largest absolute Gasteiger partial charge is 0.309 e. The predicted octanol–water partition coefficient (Wildman–Crippen LogP) is 16.6. The van der Waals surface area contributed by atoms with Crippen molar-refractivity contribution in [3.8, 4) is 22.3 Å². The van der Waals surface area contributed by atoms with Crippen LogP contribution in [0, 0.1) is 0 Å².